The van der Waals surface area contributed by atoms with Crippen LogP contribution in [0.15, 0.2) is 16.9 Å². The molecule has 2 aliphatic rings. The van der Waals surface area contributed by atoms with Crippen LogP contribution in [0.1, 0.15) is 29.8 Å². The summed E-state index contributed by atoms with van der Waals surface area (Å²) in [7, 11) is 0. The van der Waals surface area contributed by atoms with Gasteiger partial charge in [0, 0.05) is 43.6 Å². The largest absolute Gasteiger partial charge is 0.322 e. The molecule has 156 valence electrons. The van der Waals surface area contributed by atoms with Crippen LogP contribution in [-0.4, -0.2) is 38.9 Å². The van der Waals surface area contributed by atoms with Crippen LogP contribution in [0.2, 0.25) is 0 Å². The molecule has 0 bridgehead atoms. The highest BCUT2D eigenvalue weighted by Gasteiger charge is 2.43. The lowest BCUT2D eigenvalue weighted by molar-refractivity contribution is -0.0221. The van der Waals surface area contributed by atoms with E-state index in [4.69, 9.17) is 0 Å². The highest BCUT2D eigenvalue weighted by Crippen LogP contribution is 2.41. The number of aromatic nitrogens is 3. The molecule has 0 radical (unpaired) electrons. The second-order valence-electron chi connectivity index (χ2n) is 7.28. The number of anilines is 1. The van der Waals surface area contributed by atoms with Crippen molar-refractivity contribution in [2.24, 2.45) is 5.92 Å². The number of alkyl halides is 3. The Labute approximate surface area is 172 Å². The Morgan fingerprint density at radius 1 is 1.41 bits per heavy atom. The smallest absolute Gasteiger partial charge is 0.320 e. The van der Waals surface area contributed by atoms with Crippen molar-refractivity contribution in [3.05, 3.63) is 39.6 Å². The van der Waals surface area contributed by atoms with E-state index < -0.39 is 36.8 Å². The normalized spacial score (nSPS) is 20.6. The van der Waals surface area contributed by atoms with E-state index in [1.807, 2.05) is 0 Å². The molecule has 6 nitrogen and oxygen atoms in total. The number of nitrogens with one attached hydrogen (secondary N) is 1. The third-order valence-corrected chi connectivity index (χ3v) is 5.89. The molecule has 2 aromatic heterocycles. The first-order valence-corrected chi connectivity index (χ1v) is 9.98. The van der Waals surface area contributed by atoms with Gasteiger partial charge >= 0.3 is 6.03 Å². The Hall–Kier alpha value is -2.17. The summed E-state index contributed by atoms with van der Waals surface area (Å²) in [6, 6.07) is 0.705. The molecule has 1 unspecified atom stereocenters. The maximum atomic E-state index is 14.8. The van der Waals surface area contributed by atoms with Gasteiger partial charge in [0.1, 0.15) is 10.3 Å². The molecule has 29 heavy (non-hydrogen) atoms. The SMILES string of the molecule is O=C(Nc1ccnc(Br)c1F)N1CCc2nn3c(c2C1)C(F)(F)CCC(CF)C3. The number of urea groups is 1. The summed E-state index contributed by atoms with van der Waals surface area (Å²) in [4.78, 5) is 17.7. The Kier molecular flexibility index (Phi) is 5.26. The van der Waals surface area contributed by atoms with Crippen LogP contribution in [0.5, 0.6) is 0 Å². The lowest BCUT2D eigenvalue weighted by Crippen LogP contribution is -2.39. The summed E-state index contributed by atoms with van der Waals surface area (Å²) in [6.45, 7) is -0.403. The summed E-state index contributed by atoms with van der Waals surface area (Å²) in [5.41, 5.74) is 0.500. The fourth-order valence-electron chi connectivity index (χ4n) is 3.82. The molecule has 4 heterocycles. The van der Waals surface area contributed by atoms with Gasteiger partial charge in [-0.3, -0.25) is 9.07 Å². The molecule has 0 spiro atoms. The van der Waals surface area contributed by atoms with Gasteiger partial charge in [-0.2, -0.15) is 13.9 Å². The van der Waals surface area contributed by atoms with Gasteiger partial charge in [0.05, 0.1) is 24.6 Å². The van der Waals surface area contributed by atoms with Gasteiger partial charge in [-0.1, -0.05) is 0 Å². The van der Waals surface area contributed by atoms with E-state index in [2.05, 4.69) is 31.3 Å². The zero-order valence-electron chi connectivity index (χ0n) is 15.3. The lowest BCUT2D eigenvalue weighted by atomic mass is 9.98. The van der Waals surface area contributed by atoms with Crippen LogP contribution in [0.25, 0.3) is 0 Å². The van der Waals surface area contributed by atoms with Gasteiger partial charge in [0.2, 0.25) is 0 Å². The van der Waals surface area contributed by atoms with Crippen molar-refractivity contribution in [1.82, 2.24) is 19.7 Å². The third-order valence-electron chi connectivity index (χ3n) is 5.34. The Morgan fingerprint density at radius 3 is 2.97 bits per heavy atom. The Morgan fingerprint density at radius 2 is 2.21 bits per heavy atom. The van der Waals surface area contributed by atoms with Crippen molar-refractivity contribution in [1.29, 1.82) is 0 Å². The molecule has 1 atom stereocenters. The third kappa shape index (κ3) is 3.72. The molecule has 0 aliphatic carbocycles. The van der Waals surface area contributed by atoms with Gasteiger partial charge in [0.15, 0.2) is 5.82 Å². The molecule has 0 fully saturated rings. The standard InChI is InChI=1S/C18H18BrF4N5O/c19-16-14(21)13(2-5-24-16)25-17(29)27-6-3-12-11(9-27)15-18(22,23)4-1-10(7-20)8-28(15)26-12/h2,5,10H,1,3-4,6-9H2,(H,24,25,29). The number of pyridine rings is 1. The van der Waals surface area contributed by atoms with Crippen molar-refractivity contribution in [2.45, 2.75) is 38.3 Å². The number of rotatable bonds is 2. The molecule has 4 rings (SSSR count). The zero-order chi connectivity index (χ0) is 20.8. The first-order chi connectivity index (χ1) is 13.8. The summed E-state index contributed by atoms with van der Waals surface area (Å²) >= 11 is 2.95. The fourth-order valence-corrected chi connectivity index (χ4v) is 4.15. The van der Waals surface area contributed by atoms with Crippen molar-refractivity contribution in [3.8, 4) is 0 Å². The topological polar surface area (TPSA) is 63.1 Å². The van der Waals surface area contributed by atoms with E-state index in [1.165, 1.54) is 21.8 Å². The number of nitrogens with zero attached hydrogens (tertiary/aromatic N) is 4. The Bertz CT molecular complexity index is 951. The molecule has 2 aliphatic heterocycles. The molecule has 0 saturated carbocycles. The first kappa shape index (κ1) is 20.1. The summed E-state index contributed by atoms with van der Waals surface area (Å²) in [5.74, 6) is -4.37. The van der Waals surface area contributed by atoms with Gasteiger partial charge in [0.25, 0.3) is 5.92 Å². The van der Waals surface area contributed by atoms with Crippen molar-refractivity contribution >= 4 is 27.6 Å². The number of fused-ring (bicyclic) bond motifs is 3. The molecule has 0 aromatic carbocycles. The molecule has 2 aromatic rings. The highest BCUT2D eigenvalue weighted by atomic mass is 79.9. The van der Waals surface area contributed by atoms with E-state index in [1.54, 1.807) is 0 Å². The van der Waals surface area contributed by atoms with Crippen molar-refractivity contribution in [2.75, 3.05) is 18.5 Å². The number of hydrogen-bond donors (Lipinski definition) is 1. The van der Waals surface area contributed by atoms with E-state index in [9.17, 15) is 22.4 Å². The van der Waals surface area contributed by atoms with Gasteiger partial charge < -0.3 is 10.2 Å². The second-order valence-corrected chi connectivity index (χ2v) is 8.04. The summed E-state index contributed by atoms with van der Waals surface area (Å²) in [5, 5.41) is 6.74. The number of amides is 2. The predicted molar refractivity (Wildman–Crippen MR) is 99.8 cm³/mol. The minimum atomic E-state index is -3.15. The van der Waals surface area contributed by atoms with E-state index in [0.717, 1.165) is 0 Å². The average Bonchev–Trinajstić information content (AvgIpc) is 3.00. The maximum Gasteiger partial charge on any atom is 0.322 e. The number of halogens is 5. The monoisotopic (exact) mass is 475 g/mol. The van der Waals surface area contributed by atoms with Crippen LogP contribution >= 0.6 is 15.9 Å². The average molecular weight is 476 g/mol. The quantitative estimate of drug-likeness (QED) is 0.521. The molecule has 2 amide bonds. The minimum Gasteiger partial charge on any atom is -0.320 e. The number of hydrogen-bond acceptors (Lipinski definition) is 3. The van der Waals surface area contributed by atoms with Gasteiger partial charge in [-0.05, 0) is 28.4 Å². The van der Waals surface area contributed by atoms with Crippen molar-refractivity contribution in [3.63, 3.8) is 0 Å². The number of carbonyl (C=O) groups is 1. The summed E-state index contributed by atoms with van der Waals surface area (Å²) in [6.07, 6.45) is 1.24. The second kappa shape index (κ2) is 7.58. The zero-order valence-corrected chi connectivity index (χ0v) is 16.9. The van der Waals surface area contributed by atoms with Gasteiger partial charge in [-0.25, -0.2) is 14.2 Å². The lowest BCUT2D eigenvalue weighted by Gasteiger charge is -2.28. The summed E-state index contributed by atoms with van der Waals surface area (Å²) < 4.78 is 58.0. The van der Waals surface area contributed by atoms with Crippen LogP contribution < -0.4 is 5.32 Å². The fraction of sp³-hybridized carbons (Fsp3) is 0.500. The van der Waals surface area contributed by atoms with Crippen molar-refractivity contribution < 1.29 is 22.4 Å². The number of carbonyl (C=O) groups excluding carboxylic acids is 1. The highest BCUT2D eigenvalue weighted by molar-refractivity contribution is 9.10. The Balaban J connectivity index is 1.59. The van der Waals surface area contributed by atoms with Gasteiger partial charge in [-0.15, -0.1) is 0 Å². The minimum absolute atomic E-state index is 0.0414. The molecule has 0 saturated heterocycles. The maximum absolute atomic E-state index is 14.8. The van der Waals surface area contributed by atoms with E-state index in [-0.39, 0.29) is 42.0 Å². The first-order valence-electron chi connectivity index (χ1n) is 9.19. The molecular formula is C18H18BrF4N5O. The van der Waals surface area contributed by atoms with E-state index in [0.29, 0.717) is 17.7 Å². The van der Waals surface area contributed by atoms with E-state index >= 15 is 0 Å². The molecule has 11 heteroatoms. The van der Waals surface area contributed by atoms with Crippen LogP contribution in [-0.2, 0) is 25.4 Å². The predicted octanol–water partition coefficient (Wildman–Crippen LogP) is 4.24. The van der Waals surface area contributed by atoms with Crippen LogP contribution in [0.3, 0.4) is 0 Å². The van der Waals surface area contributed by atoms with Crippen LogP contribution in [0.4, 0.5) is 28.0 Å². The molecule has 1 N–H and O–H groups in total. The molecular weight excluding hydrogens is 458 g/mol. The van der Waals surface area contributed by atoms with Crippen LogP contribution in [0, 0.1) is 11.7 Å².